The molecule has 0 amide bonds. The summed E-state index contributed by atoms with van der Waals surface area (Å²) in [5, 5.41) is 0. The third-order valence-corrected chi connectivity index (χ3v) is 2.46. The molecule has 0 spiro atoms. The van der Waals surface area contributed by atoms with Gasteiger partial charge in [0.15, 0.2) is 0 Å². The van der Waals surface area contributed by atoms with Crippen LogP contribution in [-0.4, -0.2) is 9.97 Å². The maximum absolute atomic E-state index is 4.55. The minimum absolute atomic E-state index is 0.491. The van der Waals surface area contributed by atoms with E-state index in [-0.39, 0.29) is 0 Å². The monoisotopic (exact) mass is 200 g/mol. The predicted octanol–water partition coefficient (Wildman–Crippen LogP) is 3.12. The average molecular weight is 200 g/mol. The Hall–Kier alpha value is -1.57. The highest BCUT2D eigenvalue weighted by molar-refractivity contribution is 5.19. The molecule has 15 heavy (non-hydrogen) atoms. The van der Waals surface area contributed by atoms with E-state index in [4.69, 9.17) is 0 Å². The minimum atomic E-state index is 0.491. The van der Waals surface area contributed by atoms with E-state index in [1.54, 1.807) is 0 Å². The van der Waals surface area contributed by atoms with Crippen LogP contribution in [0.25, 0.3) is 0 Å². The normalized spacial score (nSPS) is 10.9. The van der Waals surface area contributed by atoms with Gasteiger partial charge in [-0.1, -0.05) is 44.2 Å². The zero-order valence-electron chi connectivity index (χ0n) is 9.20. The number of aromatic amines is 1. The molecule has 0 saturated carbocycles. The molecule has 2 rings (SSSR count). The van der Waals surface area contributed by atoms with E-state index in [2.05, 4.69) is 48.1 Å². The van der Waals surface area contributed by atoms with Gasteiger partial charge in [0, 0.05) is 12.6 Å². The molecule has 1 aromatic heterocycles. The van der Waals surface area contributed by atoms with Gasteiger partial charge in [-0.05, 0) is 11.5 Å². The van der Waals surface area contributed by atoms with Gasteiger partial charge in [0.1, 0.15) is 5.82 Å². The Bertz CT molecular complexity index is 415. The third kappa shape index (κ3) is 2.46. The Balaban J connectivity index is 2.12. The first kappa shape index (κ1) is 9.97. The van der Waals surface area contributed by atoms with Crippen molar-refractivity contribution in [3.05, 3.63) is 53.6 Å². The maximum atomic E-state index is 4.55. The smallest absolute Gasteiger partial charge is 0.110 e. The lowest BCUT2D eigenvalue weighted by Gasteiger charge is -1.98. The van der Waals surface area contributed by atoms with E-state index in [1.807, 2.05) is 12.3 Å². The van der Waals surface area contributed by atoms with Crippen LogP contribution in [0.5, 0.6) is 0 Å². The Morgan fingerprint density at radius 2 is 1.93 bits per heavy atom. The Morgan fingerprint density at radius 3 is 2.53 bits per heavy atom. The lowest BCUT2D eigenvalue weighted by Crippen LogP contribution is -1.92. The molecule has 2 heteroatoms. The Labute approximate surface area is 90.4 Å². The fourth-order valence-electron chi connectivity index (χ4n) is 1.55. The lowest BCUT2D eigenvalue weighted by atomic mass is 10.1. The van der Waals surface area contributed by atoms with E-state index in [1.165, 1.54) is 5.56 Å². The van der Waals surface area contributed by atoms with Gasteiger partial charge in [0.05, 0.1) is 5.69 Å². The summed E-state index contributed by atoms with van der Waals surface area (Å²) >= 11 is 0. The standard InChI is InChI=1S/C13H16N2/c1-10(2)12-9-14-13(15-12)8-11-6-4-3-5-7-11/h3-7,9-10H,8H2,1-2H3,(H,14,15). The SMILES string of the molecule is CC(C)c1c[nH]c(Cc2ccccc2)n1. The van der Waals surface area contributed by atoms with E-state index >= 15 is 0 Å². The molecule has 0 aliphatic carbocycles. The molecule has 0 aliphatic rings. The molecule has 1 N–H and O–H groups in total. The van der Waals surface area contributed by atoms with Crippen molar-refractivity contribution in [2.24, 2.45) is 0 Å². The van der Waals surface area contributed by atoms with E-state index < -0.39 is 0 Å². The topological polar surface area (TPSA) is 28.7 Å². The van der Waals surface area contributed by atoms with Crippen LogP contribution in [0, 0.1) is 0 Å². The minimum Gasteiger partial charge on any atom is -0.348 e. The average Bonchev–Trinajstić information content (AvgIpc) is 2.68. The Morgan fingerprint density at radius 1 is 1.20 bits per heavy atom. The number of benzene rings is 1. The van der Waals surface area contributed by atoms with Crippen molar-refractivity contribution in [1.82, 2.24) is 9.97 Å². The van der Waals surface area contributed by atoms with Crippen molar-refractivity contribution < 1.29 is 0 Å². The molecule has 0 atom stereocenters. The number of nitrogens with one attached hydrogen (secondary N) is 1. The third-order valence-electron chi connectivity index (χ3n) is 2.46. The second kappa shape index (κ2) is 4.30. The summed E-state index contributed by atoms with van der Waals surface area (Å²) in [4.78, 5) is 7.77. The number of H-pyrrole nitrogens is 1. The lowest BCUT2D eigenvalue weighted by molar-refractivity contribution is 0.825. The molecule has 2 aromatic rings. The fraction of sp³-hybridized carbons (Fsp3) is 0.308. The van der Waals surface area contributed by atoms with Gasteiger partial charge < -0.3 is 4.98 Å². The maximum Gasteiger partial charge on any atom is 0.110 e. The van der Waals surface area contributed by atoms with Crippen LogP contribution in [0.2, 0.25) is 0 Å². The summed E-state index contributed by atoms with van der Waals surface area (Å²) in [7, 11) is 0. The highest BCUT2D eigenvalue weighted by atomic mass is 14.9. The van der Waals surface area contributed by atoms with Crippen molar-refractivity contribution in [3.63, 3.8) is 0 Å². The van der Waals surface area contributed by atoms with Crippen molar-refractivity contribution in [3.8, 4) is 0 Å². The highest BCUT2D eigenvalue weighted by Gasteiger charge is 2.04. The largest absolute Gasteiger partial charge is 0.348 e. The summed E-state index contributed by atoms with van der Waals surface area (Å²) in [6.45, 7) is 4.31. The Kier molecular flexibility index (Phi) is 2.86. The fourth-order valence-corrected chi connectivity index (χ4v) is 1.55. The van der Waals surface area contributed by atoms with Crippen LogP contribution < -0.4 is 0 Å². The van der Waals surface area contributed by atoms with Gasteiger partial charge in [-0.2, -0.15) is 0 Å². The molecule has 2 nitrogen and oxygen atoms in total. The van der Waals surface area contributed by atoms with Crippen molar-refractivity contribution in [2.75, 3.05) is 0 Å². The highest BCUT2D eigenvalue weighted by Crippen LogP contribution is 2.12. The second-order valence-corrected chi connectivity index (χ2v) is 4.09. The molecule has 1 aromatic carbocycles. The summed E-state index contributed by atoms with van der Waals surface area (Å²) in [5.74, 6) is 1.54. The van der Waals surface area contributed by atoms with Gasteiger partial charge in [-0.15, -0.1) is 0 Å². The van der Waals surface area contributed by atoms with Gasteiger partial charge in [-0.3, -0.25) is 0 Å². The zero-order chi connectivity index (χ0) is 10.7. The number of rotatable bonds is 3. The number of hydrogen-bond donors (Lipinski definition) is 1. The van der Waals surface area contributed by atoms with Crippen molar-refractivity contribution >= 4 is 0 Å². The van der Waals surface area contributed by atoms with Crippen LogP contribution in [0.4, 0.5) is 0 Å². The number of nitrogens with zero attached hydrogens (tertiary/aromatic N) is 1. The number of aromatic nitrogens is 2. The van der Waals surface area contributed by atoms with Crippen LogP contribution in [-0.2, 0) is 6.42 Å². The molecule has 78 valence electrons. The quantitative estimate of drug-likeness (QED) is 0.810. The first-order valence-corrected chi connectivity index (χ1v) is 5.34. The summed E-state index contributed by atoms with van der Waals surface area (Å²) in [6, 6.07) is 10.4. The number of hydrogen-bond acceptors (Lipinski definition) is 1. The molecule has 1 heterocycles. The number of imidazole rings is 1. The predicted molar refractivity (Wildman–Crippen MR) is 61.9 cm³/mol. The first-order chi connectivity index (χ1) is 7.25. The molecule has 0 fully saturated rings. The van der Waals surface area contributed by atoms with Gasteiger partial charge in [-0.25, -0.2) is 4.98 Å². The van der Waals surface area contributed by atoms with Crippen molar-refractivity contribution in [2.45, 2.75) is 26.2 Å². The van der Waals surface area contributed by atoms with Crippen LogP contribution in [0.3, 0.4) is 0 Å². The molecule has 0 radical (unpaired) electrons. The van der Waals surface area contributed by atoms with E-state index in [0.29, 0.717) is 5.92 Å². The summed E-state index contributed by atoms with van der Waals surface area (Å²) < 4.78 is 0. The summed E-state index contributed by atoms with van der Waals surface area (Å²) in [5.41, 5.74) is 2.43. The van der Waals surface area contributed by atoms with E-state index in [0.717, 1.165) is 17.9 Å². The molecular formula is C13H16N2. The van der Waals surface area contributed by atoms with E-state index in [9.17, 15) is 0 Å². The summed E-state index contributed by atoms with van der Waals surface area (Å²) in [6.07, 6.45) is 2.89. The molecule has 0 bridgehead atoms. The molecular weight excluding hydrogens is 184 g/mol. The zero-order valence-corrected chi connectivity index (χ0v) is 9.20. The molecule has 0 unspecified atom stereocenters. The van der Waals surface area contributed by atoms with Gasteiger partial charge in [0.25, 0.3) is 0 Å². The van der Waals surface area contributed by atoms with Gasteiger partial charge >= 0.3 is 0 Å². The second-order valence-electron chi connectivity index (χ2n) is 4.09. The van der Waals surface area contributed by atoms with Crippen molar-refractivity contribution in [1.29, 1.82) is 0 Å². The first-order valence-electron chi connectivity index (χ1n) is 5.34. The van der Waals surface area contributed by atoms with Crippen LogP contribution >= 0.6 is 0 Å². The molecule has 0 aliphatic heterocycles. The van der Waals surface area contributed by atoms with Crippen LogP contribution in [0.15, 0.2) is 36.5 Å². The molecule has 0 saturated heterocycles. The van der Waals surface area contributed by atoms with Crippen LogP contribution in [0.1, 0.15) is 36.8 Å². The van der Waals surface area contributed by atoms with Gasteiger partial charge in [0.2, 0.25) is 0 Å².